The topological polar surface area (TPSA) is 33.7 Å². The van der Waals surface area contributed by atoms with Gasteiger partial charge in [0.25, 0.3) is 0 Å². The molecule has 112 valence electrons. The van der Waals surface area contributed by atoms with Crippen LogP contribution in [0.25, 0.3) is 0 Å². The fraction of sp³-hybridized carbons (Fsp3) is 0.625. The molecule has 0 spiro atoms. The van der Waals surface area contributed by atoms with Gasteiger partial charge in [0.15, 0.2) is 11.5 Å². The summed E-state index contributed by atoms with van der Waals surface area (Å²) < 4.78 is 11.1. The number of hydrogen-bond acceptors (Lipinski definition) is 4. The molecular weight excluding hydrogens is 252 g/mol. The van der Waals surface area contributed by atoms with Crippen molar-refractivity contribution in [3.05, 3.63) is 23.8 Å². The van der Waals surface area contributed by atoms with Crippen LogP contribution in [0.2, 0.25) is 0 Å². The van der Waals surface area contributed by atoms with Crippen LogP contribution in [0.1, 0.15) is 25.8 Å². The van der Waals surface area contributed by atoms with Crippen LogP contribution >= 0.6 is 0 Å². The van der Waals surface area contributed by atoms with Gasteiger partial charge in [-0.05, 0) is 31.0 Å². The second-order valence-corrected chi connectivity index (χ2v) is 5.42. The van der Waals surface area contributed by atoms with E-state index in [1.807, 2.05) is 6.07 Å². The Hall–Kier alpha value is -1.26. The first-order valence-electron chi connectivity index (χ1n) is 7.48. The molecule has 0 radical (unpaired) electrons. The van der Waals surface area contributed by atoms with E-state index in [0.29, 0.717) is 6.04 Å². The van der Waals surface area contributed by atoms with Crippen LogP contribution in [0.5, 0.6) is 11.5 Å². The number of piperazine rings is 1. The van der Waals surface area contributed by atoms with Gasteiger partial charge in [-0.15, -0.1) is 0 Å². The van der Waals surface area contributed by atoms with Gasteiger partial charge in [0, 0.05) is 32.2 Å². The Kier molecular flexibility index (Phi) is 5.68. The zero-order valence-corrected chi connectivity index (χ0v) is 12.8. The van der Waals surface area contributed by atoms with Crippen molar-refractivity contribution in [1.82, 2.24) is 10.2 Å². The Morgan fingerprint density at radius 1 is 1.35 bits per heavy atom. The Morgan fingerprint density at radius 3 is 2.90 bits per heavy atom. The van der Waals surface area contributed by atoms with E-state index in [1.165, 1.54) is 5.56 Å². The molecule has 1 heterocycles. The molecule has 0 unspecified atom stereocenters. The van der Waals surface area contributed by atoms with Crippen LogP contribution in [0.3, 0.4) is 0 Å². The SMILES string of the molecule is CCCOc1cc(CN2CCN[C@@H](C)C2)ccc1OC. The van der Waals surface area contributed by atoms with Gasteiger partial charge in [-0.1, -0.05) is 13.0 Å². The minimum absolute atomic E-state index is 0.567. The molecule has 4 heteroatoms. The van der Waals surface area contributed by atoms with E-state index in [4.69, 9.17) is 9.47 Å². The lowest BCUT2D eigenvalue weighted by atomic mass is 10.1. The summed E-state index contributed by atoms with van der Waals surface area (Å²) in [5.74, 6) is 1.67. The first kappa shape index (κ1) is 15.1. The molecule has 1 aliphatic heterocycles. The smallest absolute Gasteiger partial charge is 0.161 e. The van der Waals surface area contributed by atoms with E-state index in [9.17, 15) is 0 Å². The maximum atomic E-state index is 5.77. The van der Waals surface area contributed by atoms with Gasteiger partial charge in [-0.2, -0.15) is 0 Å². The molecule has 1 aromatic carbocycles. The number of rotatable bonds is 6. The van der Waals surface area contributed by atoms with Gasteiger partial charge in [-0.25, -0.2) is 0 Å². The van der Waals surface area contributed by atoms with E-state index in [1.54, 1.807) is 7.11 Å². The van der Waals surface area contributed by atoms with Crippen molar-refractivity contribution in [1.29, 1.82) is 0 Å². The van der Waals surface area contributed by atoms with Gasteiger partial charge in [0.2, 0.25) is 0 Å². The second-order valence-electron chi connectivity index (χ2n) is 5.42. The van der Waals surface area contributed by atoms with Crippen molar-refractivity contribution in [2.45, 2.75) is 32.9 Å². The summed E-state index contributed by atoms with van der Waals surface area (Å²) in [6.07, 6.45) is 1.00. The van der Waals surface area contributed by atoms with Crippen molar-refractivity contribution in [2.75, 3.05) is 33.4 Å². The quantitative estimate of drug-likeness (QED) is 0.865. The first-order chi connectivity index (χ1) is 9.72. The molecule has 2 rings (SSSR count). The van der Waals surface area contributed by atoms with E-state index >= 15 is 0 Å². The number of nitrogens with one attached hydrogen (secondary N) is 1. The molecule has 0 aromatic heterocycles. The molecular formula is C16H26N2O2. The normalized spacial score (nSPS) is 19.9. The molecule has 1 N–H and O–H groups in total. The van der Waals surface area contributed by atoms with Crippen LogP contribution in [0.15, 0.2) is 18.2 Å². The van der Waals surface area contributed by atoms with Crippen molar-refractivity contribution >= 4 is 0 Å². The third-order valence-electron chi connectivity index (χ3n) is 3.55. The monoisotopic (exact) mass is 278 g/mol. The predicted molar refractivity (Wildman–Crippen MR) is 81.5 cm³/mol. The molecule has 0 aliphatic carbocycles. The first-order valence-corrected chi connectivity index (χ1v) is 7.48. The largest absolute Gasteiger partial charge is 0.493 e. The summed E-state index contributed by atoms with van der Waals surface area (Å²) in [5, 5.41) is 3.47. The molecule has 4 nitrogen and oxygen atoms in total. The predicted octanol–water partition coefficient (Wildman–Crippen LogP) is 2.28. The minimum atomic E-state index is 0.567. The van der Waals surface area contributed by atoms with E-state index in [-0.39, 0.29) is 0 Å². The van der Waals surface area contributed by atoms with E-state index < -0.39 is 0 Å². The van der Waals surface area contributed by atoms with Crippen molar-refractivity contribution in [3.63, 3.8) is 0 Å². The molecule has 1 aliphatic rings. The lowest BCUT2D eigenvalue weighted by Gasteiger charge is -2.31. The van der Waals surface area contributed by atoms with E-state index in [0.717, 1.165) is 50.7 Å². The van der Waals surface area contributed by atoms with Crippen LogP contribution in [-0.2, 0) is 6.54 Å². The Labute approximate surface area is 122 Å². The van der Waals surface area contributed by atoms with Crippen LogP contribution in [0, 0.1) is 0 Å². The fourth-order valence-electron chi connectivity index (χ4n) is 2.56. The van der Waals surface area contributed by atoms with Gasteiger partial charge in [0.1, 0.15) is 0 Å². The highest BCUT2D eigenvalue weighted by atomic mass is 16.5. The van der Waals surface area contributed by atoms with Gasteiger partial charge in [0.05, 0.1) is 13.7 Å². The summed E-state index contributed by atoms with van der Waals surface area (Å²) in [5.41, 5.74) is 1.28. The molecule has 0 bridgehead atoms. The number of methoxy groups -OCH3 is 1. The number of ether oxygens (including phenoxy) is 2. The highest BCUT2D eigenvalue weighted by Gasteiger charge is 2.16. The zero-order valence-electron chi connectivity index (χ0n) is 12.8. The summed E-state index contributed by atoms with van der Waals surface area (Å²) in [7, 11) is 1.69. The summed E-state index contributed by atoms with van der Waals surface area (Å²) in [6, 6.07) is 6.81. The van der Waals surface area contributed by atoms with Crippen molar-refractivity contribution in [2.24, 2.45) is 0 Å². The molecule has 1 aromatic rings. The lowest BCUT2D eigenvalue weighted by Crippen LogP contribution is -2.48. The van der Waals surface area contributed by atoms with Crippen LogP contribution in [0.4, 0.5) is 0 Å². The molecule has 1 atom stereocenters. The standard InChI is InChI=1S/C16H26N2O2/c1-4-9-20-16-10-14(5-6-15(16)19-3)12-18-8-7-17-13(2)11-18/h5-6,10,13,17H,4,7-9,11-12H2,1-3H3/t13-/m0/s1. The molecule has 0 saturated carbocycles. The Morgan fingerprint density at radius 2 is 2.20 bits per heavy atom. The lowest BCUT2D eigenvalue weighted by molar-refractivity contribution is 0.199. The third-order valence-corrected chi connectivity index (χ3v) is 3.55. The van der Waals surface area contributed by atoms with Crippen molar-refractivity contribution in [3.8, 4) is 11.5 Å². The van der Waals surface area contributed by atoms with Gasteiger partial charge < -0.3 is 14.8 Å². The zero-order chi connectivity index (χ0) is 14.4. The second kappa shape index (κ2) is 7.50. The maximum Gasteiger partial charge on any atom is 0.161 e. The molecule has 1 fully saturated rings. The van der Waals surface area contributed by atoms with Gasteiger partial charge in [-0.3, -0.25) is 4.90 Å². The summed E-state index contributed by atoms with van der Waals surface area (Å²) in [4.78, 5) is 2.48. The van der Waals surface area contributed by atoms with Crippen LogP contribution < -0.4 is 14.8 Å². The highest BCUT2D eigenvalue weighted by molar-refractivity contribution is 5.43. The third kappa shape index (κ3) is 4.12. The average Bonchev–Trinajstić information content (AvgIpc) is 2.45. The van der Waals surface area contributed by atoms with Gasteiger partial charge >= 0.3 is 0 Å². The van der Waals surface area contributed by atoms with E-state index in [2.05, 4.69) is 36.2 Å². The summed E-state index contributed by atoms with van der Waals surface area (Å²) >= 11 is 0. The highest BCUT2D eigenvalue weighted by Crippen LogP contribution is 2.28. The average molecular weight is 278 g/mol. The fourth-order valence-corrected chi connectivity index (χ4v) is 2.56. The summed E-state index contributed by atoms with van der Waals surface area (Å²) in [6.45, 7) is 9.30. The minimum Gasteiger partial charge on any atom is -0.493 e. The Balaban J connectivity index is 2.03. The number of nitrogens with zero attached hydrogens (tertiary/aromatic N) is 1. The number of hydrogen-bond donors (Lipinski definition) is 1. The maximum absolute atomic E-state index is 5.77. The molecule has 20 heavy (non-hydrogen) atoms. The number of benzene rings is 1. The van der Waals surface area contributed by atoms with Crippen LogP contribution in [-0.4, -0.2) is 44.3 Å². The molecule has 0 amide bonds. The molecule has 1 saturated heterocycles. The Bertz CT molecular complexity index is 423. The van der Waals surface area contributed by atoms with Crippen molar-refractivity contribution < 1.29 is 9.47 Å².